The van der Waals surface area contributed by atoms with E-state index in [9.17, 15) is 0 Å². The Morgan fingerprint density at radius 2 is 2.06 bits per heavy atom. The summed E-state index contributed by atoms with van der Waals surface area (Å²) >= 11 is 4.06. The molecule has 1 aliphatic carbocycles. The van der Waals surface area contributed by atoms with Crippen molar-refractivity contribution in [2.75, 3.05) is 5.75 Å². The maximum atomic E-state index is 6.53. The number of fused-ring (bicyclic) bond motifs is 1. The minimum atomic E-state index is 0.304. The van der Waals surface area contributed by atoms with E-state index < -0.39 is 0 Å². The van der Waals surface area contributed by atoms with Gasteiger partial charge >= 0.3 is 0 Å². The van der Waals surface area contributed by atoms with Crippen LogP contribution < -0.4 is 5.73 Å². The minimum absolute atomic E-state index is 0.304. The Labute approximate surface area is 119 Å². The third-order valence-electron chi connectivity index (χ3n) is 4.54. The molecule has 1 atom stereocenters. The molecule has 0 radical (unpaired) electrons. The number of rotatable bonds is 2. The summed E-state index contributed by atoms with van der Waals surface area (Å²) in [6.45, 7) is 2.38. The lowest BCUT2D eigenvalue weighted by atomic mass is 9.79. The third-order valence-corrected chi connectivity index (χ3v) is 6.89. The van der Waals surface area contributed by atoms with Crippen LogP contribution in [0.4, 0.5) is 0 Å². The van der Waals surface area contributed by atoms with E-state index in [1.54, 1.807) is 10.4 Å². The Morgan fingerprint density at radius 3 is 2.78 bits per heavy atom. The molecule has 3 rings (SSSR count). The summed E-state index contributed by atoms with van der Waals surface area (Å²) in [4.78, 5) is 3.07. The molecule has 18 heavy (non-hydrogen) atoms. The maximum absolute atomic E-state index is 6.53. The monoisotopic (exact) mass is 281 g/mol. The fraction of sp³-hybridized carbons (Fsp3) is 0.733. The van der Waals surface area contributed by atoms with Gasteiger partial charge < -0.3 is 5.73 Å². The van der Waals surface area contributed by atoms with Crippen molar-refractivity contribution in [3.8, 4) is 0 Å². The molecule has 1 nitrogen and oxygen atoms in total. The van der Waals surface area contributed by atoms with Crippen LogP contribution in [0.25, 0.3) is 0 Å². The summed E-state index contributed by atoms with van der Waals surface area (Å²) in [5.74, 6) is 4.15. The molecule has 1 saturated carbocycles. The summed E-state index contributed by atoms with van der Waals surface area (Å²) in [5, 5.41) is 0. The predicted octanol–water partition coefficient (Wildman–Crippen LogP) is 4.36. The van der Waals surface area contributed by atoms with Crippen molar-refractivity contribution < 1.29 is 0 Å². The van der Waals surface area contributed by atoms with E-state index in [4.69, 9.17) is 5.73 Å². The van der Waals surface area contributed by atoms with Crippen molar-refractivity contribution in [2.24, 2.45) is 17.6 Å². The number of aryl methyl sites for hydroxylation is 1. The number of nitrogens with two attached hydrogens (primary N) is 1. The van der Waals surface area contributed by atoms with Gasteiger partial charge in [0.15, 0.2) is 0 Å². The van der Waals surface area contributed by atoms with E-state index in [0.29, 0.717) is 6.04 Å². The highest BCUT2D eigenvalue weighted by Gasteiger charge is 2.26. The van der Waals surface area contributed by atoms with Crippen molar-refractivity contribution in [3.05, 3.63) is 21.4 Å². The van der Waals surface area contributed by atoms with Crippen LogP contribution in [0.5, 0.6) is 0 Å². The molecule has 1 aromatic rings. The van der Waals surface area contributed by atoms with Gasteiger partial charge in [-0.15, -0.1) is 11.3 Å². The van der Waals surface area contributed by atoms with Crippen LogP contribution in [0.15, 0.2) is 6.07 Å². The lowest BCUT2D eigenvalue weighted by molar-refractivity contribution is 0.258. The first kappa shape index (κ1) is 13.0. The molecule has 0 spiro atoms. The van der Waals surface area contributed by atoms with Gasteiger partial charge in [0.05, 0.1) is 0 Å². The zero-order chi connectivity index (χ0) is 12.5. The van der Waals surface area contributed by atoms with Crippen molar-refractivity contribution in [2.45, 2.75) is 50.8 Å². The van der Waals surface area contributed by atoms with E-state index in [2.05, 4.69) is 24.8 Å². The van der Waals surface area contributed by atoms with Crippen LogP contribution in [0.2, 0.25) is 0 Å². The summed E-state index contributed by atoms with van der Waals surface area (Å²) in [7, 11) is 0. The molecule has 1 aromatic heterocycles. The molecular weight excluding hydrogens is 258 g/mol. The summed E-state index contributed by atoms with van der Waals surface area (Å²) in [6, 6.07) is 2.72. The van der Waals surface area contributed by atoms with Crippen LogP contribution >= 0.6 is 23.1 Å². The lowest BCUT2D eigenvalue weighted by Gasteiger charge is -2.30. The van der Waals surface area contributed by atoms with Gasteiger partial charge in [0.1, 0.15) is 0 Å². The topological polar surface area (TPSA) is 26.0 Å². The minimum Gasteiger partial charge on any atom is -0.323 e. The Bertz CT molecular complexity index is 381. The predicted molar refractivity (Wildman–Crippen MR) is 82.2 cm³/mol. The quantitative estimate of drug-likeness (QED) is 0.871. The Balaban J connectivity index is 1.71. The van der Waals surface area contributed by atoms with Gasteiger partial charge in [-0.05, 0) is 48.5 Å². The molecule has 0 saturated heterocycles. The standard InChI is InChI=1S/C15H23NS2/c1-10-2-4-11(5-3-10)15(16)14-8-12-9-17-7-6-13(12)18-14/h8,10-11,15H,2-7,9,16H2,1H3. The van der Waals surface area contributed by atoms with Crippen LogP contribution in [0.1, 0.15) is 54.0 Å². The highest BCUT2D eigenvalue weighted by Crippen LogP contribution is 2.40. The Morgan fingerprint density at radius 1 is 1.28 bits per heavy atom. The molecule has 0 bridgehead atoms. The second-order valence-electron chi connectivity index (χ2n) is 5.95. The summed E-state index contributed by atoms with van der Waals surface area (Å²) < 4.78 is 0. The Kier molecular flexibility index (Phi) is 4.02. The van der Waals surface area contributed by atoms with E-state index >= 15 is 0 Å². The summed E-state index contributed by atoms with van der Waals surface area (Å²) in [6.07, 6.45) is 6.68. The van der Waals surface area contributed by atoms with E-state index in [-0.39, 0.29) is 0 Å². The van der Waals surface area contributed by atoms with Gasteiger partial charge in [0, 0.05) is 21.5 Å². The number of hydrogen-bond donors (Lipinski definition) is 1. The SMILES string of the molecule is CC1CCC(C(N)c2cc3c(s2)CCSC3)CC1. The molecule has 0 amide bonds. The highest BCUT2D eigenvalue weighted by molar-refractivity contribution is 7.98. The first-order chi connectivity index (χ1) is 8.74. The number of thioether (sulfide) groups is 1. The Hall–Kier alpha value is 0.01000. The average Bonchev–Trinajstić information content (AvgIpc) is 2.82. The van der Waals surface area contributed by atoms with Crippen LogP contribution in [0.3, 0.4) is 0 Å². The molecule has 2 heterocycles. The molecule has 1 aliphatic heterocycles. The normalized spacial score (nSPS) is 29.9. The van der Waals surface area contributed by atoms with Gasteiger partial charge in [-0.25, -0.2) is 0 Å². The van der Waals surface area contributed by atoms with Crippen molar-refractivity contribution in [1.82, 2.24) is 0 Å². The fourth-order valence-electron chi connectivity index (χ4n) is 3.21. The van der Waals surface area contributed by atoms with Crippen molar-refractivity contribution >= 4 is 23.1 Å². The molecule has 1 unspecified atom stereocenters. The van der Waals surface area contributed by atoms with Gasteiger partial charge in [0.2, 0.25) is 0 Å². The van der Waals surface area contributed by atoms with Gasteiger partial charge in [-0.2, -0.15) is 11.8 Å². The molecular formula is C15H23NS2. The molecule has 1 fully saturated rings. The zero-order valence-electron chi connectivity index (χ0n) is 11.2. The second kappa shape index (κ2) is 5.56. The zero-order valence-corrected chi connectivity index (χ0v) is 12.8. The third kappa shape index (κ3) is 2.63. The summed E-state index contributed by atoms with van der Waals surface area (Å²) in [5.41, 5.74) is 8.11. The lowest BCUT2D eigenvalue weighted by Crippen LogP contribution is -2.24. The average molecular weight is 281 g/mol. The van der Waals surface area contributed by atoms with Crippen LogP contribution in [-0.4, -0.2) is 5.75 Å². The molecule has 2 N–H and O–H groups in total. The molecule has 100 valence electrons. The van der Waals surface area contributed by atoms with E-state index in [1.807, 2.05) is 11.3 Å². The van der Waals surface area contributed by atoms with Gasteiger partial charge in [0.25, 0.3) is 0 Å². The largest absolute Gasteiger partial charge is 0.323 e. The first-order valence-electron chi connectivity index (χ1n) is 7.19. The van der Waals surface area contributed by atoms with Gasteiger partial charge in [-0.3, -0.25) is 0 Å². The molecule has 2 aliphatic rings. The number of thiophene rings is 1. The number of hydrogen-bond acceptors (Lipinski definition) is 3. The molecule has 0 aromatic carbocycles. The smallest absolute Gasteiger partial charge is 0.0418 e. The van der Waals surface area contributed by atoms with Crippen molar-refractivity contribution in [3.63, 3.8) is 0 Å². The van der Waals surface area contributed by atoms with Crippen LogP contribution in [0, 0.1) is 11.8 Å². The van der Waals surface area contributed by atoms with Crippen molar-refractivity contribution in [1.29, 1.82) is 0 Å². The second-order valence-corrected chi connectivity index (χ2v) is 8.22. The van der Waals surface area contributed by atoms with Gasteiger partial charge in [-0.1, -0.05) is 19.8 Å². The maximum Gasteiger partial charge on any atom is 0.0418 e. The van der Waals surface area contributed by atoms with Crippen LogP contribution in [-0.2, 0) is 12.2 Å². The first-order valence-corrected chi connectivity index (χ1v) is 9.16. The fourth-order valence-corrected chi connectivity index (χ4v) is 5.68. The van der Waals surface area contributed by atoms with E-state index in [0.717, 1.165) is 11.8 Å². The van der Waals surface area contributed by atoms with E-state index in [1.165, 1.54) is 48.5 Å². The molecule has 3 heteroatoms. The highest BCUT2D eigenvalue weighted by atomic mass is 32.2.